The monoisotopic (exact) mass is 401 g/mol. The van der Waals surface area contributed by atoms with Crippen molar-refractivity contribution < 1.29 is 4.79 Å². The van der Waals surface area contributed by atoms with E-state index in [0.717, 1.165) is 30.2 Å². The van der Waals surface area contributed by atoms with Crippen molar-refractivity contribution in [3.63, 3.8) is 0 Å². The summed E-state index contributed by atoms with van der Waals surface area (Å²) in [5, 5.41) is 9.86. The number of likely N-dealkylation sites (tertiary alicyclic amines) is 1. The van der Waals surface area contributed by atoms with E-state index in [2.05, 4.69) is 45.8 Å². The van der Waals surface area contributed by atoms with Crippen LogP contribution in [0.1, 0.15) is 58.9 Å². The minimum absolute atomic E-state index is 0.0167. The van der Waals surface area contributed by atoms with Crippen molar-refractivity contribution in [2.45, 2.75) is 65.5 Å². The average Bonchev–Trinajstić information content (AvgIpc) is 2.74. The Morgan fingerprint density at radius 2 is 1.93 bits per heavy atom. The summed E-state index contributed by atoms with van der Waals surface area (Å²) in [5.74, 6) is 0.877. The first-order chi connectivity index (χ1) is 13.9. The standard InChI is InChI=1S/C23H39N5O/c1-6-18(2)21(29)27-20-12-10-11-19(15-20)16-25-22(24-5)26-17-23(3,4)28-13-8-7-9-14-28/h10-12,15,18H,6-9,13-14,16-17H2,1-5H3,(H,27,29)(H2,24,25,26). The summed E-state index contributed by atoms with van der Waals surface area (Å²) in [5.41, 5.74) is 2.03. The molecular weight excluding hydrogens is 362 g/mol. The first-order valence-corrected chi connectivity index (χ1v) is 10.9. The zero-order valence-corrected chi connectivity index (χ0v) is 18.8. The number of benzene rings is 1. The topological polar surface area (TPSA) is 68.8 Å². The van der Waals surface area contributed by atoms with Crippen molar-refractivity contribution in [3.8, 4) is 0 Å². The predicted molar refractivity (Wildman–Crippen MR) is 122 cm³/mol. The van der Waals surface area contributed by atoms with Crippen LogP contribution in [0.25, 0.3) is 0 Å². The summed E-state index contributed by atoms with van der Waals surface area (Å²) in [6.45, 7) is 12.4. The molecule has 1 aromatic carbocycles. The number of carbonyl (C=O) groups excluding carboxylic acids is 1. The highest BCUT2D eigenvalue weighted by atomic mass is 16.1. The van der Waals surface area contributed by atoms with Gasteiger partial charge in [-0.3, -0.25) is 14.7 Å². The molecule has 2 rings (SSSR count). The first kappa shape index (κ1) is 23.2. The summed E-state index contributed by atoms with van der Waals surface area (Å²) >= 11 is 0. The average molecular weight is 402 g/mol. The SMILES string of the molecule is CCC(C)C(=O)Nc1cccc(CNC(=NC)NCC(C)(C)N2CCCCC2)c1. The van der Waals surface area contributed by atoms with E-state index in [9.17, 15) is 4.79 Å². The number of hydrogen-bond acceptors (Lipinski definition) is 3. The smallest absolute Gasteiger partial charge is 0.227 e. The maximum Gasteiger partial charge on any atom is 0.227 e. The minimum atomic E-state index is 0.0167. The lowest BCUT2D eigenvalue weighted by Crippen LogP contribution is -2.54. The number of anilines is 1. The third-order valence-corrected chi connectivity index (χ3v) is 5.84. The number of rotatable bonds is 8. The molecule has 0 saturated carbocycles. The van der Waals surface area contributed by atoms with Crippen LogP contribution in [0.4, 0.5) is 5.69 Å². The van der Waals surface area contributed by atoms with Crippen molar-refractivity contribution in [2.75, 3.05) is 32.0 Å². The lowest BCUT2D eigenvalue weighted by molar-refractivity contribution is -0.119. The molecule has 0 bridgehead atoms. The quantitative estimate of drug-likeness (QED) is 0.460. The molecule has 162 valence electrons. The van der Waals surface area contributed by atoms with Gasteiger partial charge in [0, 0.05) is 37.3 Å². The van der Waals surface area contributed by atoms with Gasteiger partial charge in [0.15, 0.2) is 5.96 Å². The largest absolute Gasteiger partial charge is 0.355 e. The lowest BCUT2D eigenvalue weighted by Gasteiger charge is -2.41. The van der Waals surface area contributed by atoms with Gasteiger partial charge in [-0.15, -0.1) is 0 Å². The summed E-state index contributed by atoms with van der Waals surface area (Å²) in [6, 6.07) is 7.96. The van der Waals surface area contributed by atoms with Gasteiger partial charge in [0.25, 0.3) is 0 Å². The fourth-order valence-electron chi connectivity index (χ4n) is 3.53. The van der Waals surface area contributed by atoms with Crippen LogP contribution in [-0.2, 0) is 11.3 Å². The van der Waals surface area contributed by atoms with Crippen LogP contribution >= 0.6 is 0 Å². The third kappa shape index (κ3) is 7.35. The maximum atomic E-state index is 12.1. The van der Waals surface area contributed by atoms with E-state index in [1.54, 1.807) is 7.05 Å². The molecule has 6 heteroatoms. The van der Waals surface area contributed by atoms with Crippen molar-refractivity contribution in [3.05, 3.63) is 29.8 Å². The van der Waals surface area contributed by atoms with Gasteiger partial charge in [0.2, 0.25) is 5.91 Å². The molecule has 1 aliphatic rings. The first-order valence-electron chi connectivity index (χ1n) is 10.9. The Morgan fingerprint density at radius 1 is 1.21 bits per heavy atom. The Bertz CT molecular complexity index is 680. The van der Waals surface area contributed by atoms with Gasteiger partial charge in [-0.25, -0.2) is 0 Å². The summed E-state index contributed by atoms with van der Waals surface area (Å²) < 4.78 is 0. The van der Waals surface area contributed by atoms with Crippen molar-refractivity contribution in [2.24, 2.45) is 10.9 Å². The fraction of sp³-hybridized carbons (Fsp3) is 0.652. The van der Waals surface area contributed by atoms with E-state index in [1.165, 1.54) is 32.4 Å². The number of aliphatic imine (C=N–C) groups is 1. The molecule has 1 aromatic rings. The van der Waals surface area contributed by atoms with E-state index in [4.69, 9.17) is 0 Å². The summed E-state index contributed by atoms with van der Waals surface area (Å²) in [7, 11) is 1.80. The minimum Gasteiger partial charge on any atom is -0.355 e. The molecule has 1 amide bonds. The van der Waals surface area contributed by atoms with Crippen LogP contribution in [0.2, 0.25) is 0 Å². The van der Waals surface area contributed by atoms with Gasteiger partial charge >= 0.3 is 0 Å². The van der Waals surface area contributed by atoms with Crippen molar-refractivity contribution in [1.82, 2.24) is 15.5 Å². The Kier molecular flexibility index (Phi) is 8.96. The van der Waals surface area contributed by atoms with E-state index >= 15 is 0 Å². The molecule has 0 spiro atoms. The molecule has 1 fully saturated rings. The number of piperidine rings is 1. The van der Waals surface area contributed by atoms with Gasteiger partial charge < -0.3 is 16.0 Å². The molecule has 1 atom stereocenters. The number of nitrogens with zero attached hydrogens (tertiary/aromatic N) is 2. The molecule has 1 heterocycles. The molecule has 0 aliphatic carbocycles. The second kappa shape index (κ2) is 11.2. The number of carbonyl (C=O) groups is 1. The molecule has 0 aromatic heterocycles. The van der Waals surface area contributed by atoms with E-state index < -0.39 is 0 Å². The third-order valence-electron chi connectivity index (χ3n) is 5.84. The Balaban J connectivity index is 1.85. The van der Waals surface area contributed by atoms with Crippen LogP contribution in [0, 0.1) is 5.92 Å². The number of guanidine groups is 1. The zero-order chi connectivity index (χ0) is 21.3. The number of nitrogens with one attached hydrogen (secondary N) is 3. The van der Waals surface area contributed by atoms with E-state index in [1.807, 2.05) is 32.0 Å². The van der Waals surface area contributed by atoms with Crippen molar-refractivity contribution >= 4 is 17.6 Å². The van der Waals surface area contributed by atoms with Crippen LogP contribution in [0.5, 0.6) is 0 Å². The molecule has 3 N–H and O–H groups in total. The van der Waals surface area contributed by atoms with Crippen LogP contribution in [0.3, 0.4) is 0 Å². The van der Waals surface area contributed by atoms with Gasteiger partial charge in [0.05, 0.1) is 0 Å². The molecular formula is C23H39N5O. The van der Waals surface area contributed by atoms with Crippen LogP contribution in [0.15, 0.2) is 29.3 Å². The number of amides is 1. The highest BCUT2D eigenvalue weighted by Gasteiger charge is 2.27. The normalized spacial score (nSPS) is 16.9. The zero-order valence-electron chi connectivity index (χ0n) is 18.8. The molecule has 0 radical (unpaired) electrons. The molecule has 29 heavy (non-hydrogen) atoms. The van der Waals surface area contributed by atoms with Crippen LogP contribution < -0.4 is 16.0 Å². The number of hydrogen-bond donors (Lipinski definition) is 3. The van der Waals surface area contributed by atoms with Gasteiger partial charge in [-0.05, 0) is 63.9 Å². The molecule has 1 aliphatic heterocycles. The molecule has 6 nitrogen and oxygen atoms in total. The van der Waals surface area contributed by atoms with E-state index in [-0.39, 0.29) is 17.4 Å². The van der Waals surface area contributed by atoms with Gasteiger partial charge in [0.1, 0.15) is 0 Å². The van der Waals surface area contributed by atoms with Crippen LogP contribution in [-0.4, -0.2) is 49.0 Å². The second-order valence-corrected chi connectivity index (χ2v) is 8.64. The van der Waals surface area contributed by atoms with E-state index in [0.29, 0.717) is 6.54 Å². The maximum absolute atomic E-state index is 12.1. The Labute approximate surface area is 176 Å². The fourth-order valence-corrected chi connectivity index (χ4v) is 3.53. The lowest BCUT2D eigenvalue weighted by atomic mass is 9.98. The molecule has 1 saturated heterocycles. The molecule has 1 unspecified atom stereocenters. The highest BCUT2D eigenvalue weighted by molar-refractivity contribution is 5.92. The predicted octanol–water partition coefficient (Wildman–Crippen LogP) is 3.60. The summed E-state index contributed by atoms with van der Waals surface area (Å²) in [6.07, 6.45) is 4.77. The second-order valence-electron chi connectivity index (χ2n) is 8.64. The Hall–Kier alpha value is -2.08. The van der Waals surface area contributed by atoms with Gasteiger partial charge in [-0.2, -0.15) is 0 Å². The highest BCUT2D eigenvalue weighted by Crippen LogP contribution is 2.19. The Morgan fingerprint density at radius 3 is 2.59 bits per heavy atom. The van der Waals surface area contributed by atoms with Crippen molar-refractivity contribution in [1.29, 1.82) is 0 Å². The summed E-state index contributed by atoms with van der Waals surface area (Å²) in [4.78, 5) is 19.0. The van der Waals surface area contributed by atoms with Gasteiger partial charge in [-0.1, -0.05) is 32.4 Å².